The molecular weight excluding hydrogens is 246 g/mol. The van der Waals surface area contributed by atoms with E-state index in [0.29, 0.717) is 12.1 Å². The highest BCUT2D eigenvalue weighted by Gasteiger charge is 2.06. The van der Waals surface area contributed by atoms with Crippen LogP contribution in [-0.2, 0) is 13.1 Å². The lowest BCUT2D eigenvalue weighted by molar-refractivity contribution is 0.561. The highest BCUT2D eigenvalue weighted by Crippen LogP contribution is 2.13. The summed E-state index contributed by atoms with van der Waals surface area (Å²) in [5.74, 6) is -1.04. The van der Waals surface area contributed by atoms with Crippen molar-refractivity contribution in [3.63, 3.8) is 0 Å². The van der Waals surface area contributed by atoms with E-state index >= 15 is 0 Å². The molecule has 2 nitrogen and oxygen atoms in total. The minimum absolute atomic E-state index is 0.419. The standard InChI is InChI=1S/C15H18F2N2/c1-2-7-18-10-14-4-3-8-19(14)11-12-5-6-13(16)9-15(12)17/h3-6,8-9,18H,2,7,10-11H2,1H3. The Balaban J connectivity index is 2.08. The fourth-order valence-corrected chi connectivity index (χ4v) is 1.99. The molecule has 0 unspecified atom stereocenters. The SMILES string of the molecule is CCCNCc1cccn1Cc1ccc(F)cc1F. The molecule has 0 radical (unpaired) electrons. The largest absolute Gasteiger partial charge is 0.346 e. The van der Waals surface area contributed by atoms with Crippen LogP contribution in [0.3, 0.4) is 0 Å². The van der Waals surface area contributed by atoms with Gasteiger partial charge in [-0.05, 0) is 31.2 Å². The smallest absolute Gasteiger partial charge is 0.131 e. The number of nitrogens with one attached hydrogen (secondary N) is 1. The van der Waals surface area contributed by atoms with Gasteiger partial charge in [-0.3, -0.25) is 0 Å². The van der Waals surface area contributed by atoms with Gasteiger partial charge in [0, 0.05) is 30.1 Å². The highest BCUT2D eigenvalue weighted by molar-refractivity contribution is 5.20. The van der Waals surface area contributed by atoms with Gasteiger partial charge in [0.15, 0.2) is 0 Å². The Hall–Kier alpha value is -1.68. The molecule has 0 bridgehead atoms. The Labute approximate surface area is 112 Å². The minimum Gasteiger partial charge on any atom is -0.346 e. The van der Waals surface area contributed by atoms with Crippen molar-refractivity contribution < 1.29 is 8.78 Å². The maximum atomic E-state index is 13.6. The molecule has 0 spiro atoms. The van der Waals surface area contributed by atoms with E-state index in [4.69, 9.17) is 0 Å². The lowest BCUT2D eigenvalue weighted by Crippen LogP contribution is -2.17. The molecule has 1 aromatic carbocycles. The molecule has 0 aliphatic heterocycles. The molecule has 0 amide bonds. The maximum Gasteiger partial charge on any atom is 0.131 e. The summed E-state index contributed by atoms with van der Waals surface area (Å²) in [5, 5.41) is 3.31. The summed E-state index contributed by atoms with van der Waals surface area (Å²) in [4.78, 5) is 0. The van der Waals surface area contributed by atoms with Crippen LogP contribution < -0.4 is 5.32 Å². The molecule has 102 valence electrons. The van der Waals surface area contributed by atoms with E-state index in [1.165, 1.54) is 12.1 Å². The predicted molar refractivity (Wildman–Crippen MR) is 71.9 cm³/mol. The average molecular weight is 264 g/mol. The average Bonchev–Trinajstić information content (AvgIpc) is 2.81. The minimum atomic E-state index is -0.543. The predicted octanol–water partition coefficient (Wildman–Crippen LogP) is 3.31. The Kier molecular flexibility index (Phi) is 4.68. The molecule has 0 saturated heterocycles. The first-order valence-electron chi connectivity index (χ1n) is 6.49. The van der Waals surface area contributed by atoms with E-state index in [9.17, 15) is 8.78 Å². The van der Waals surface area contributed by atoms with Crippen LogP contribution in [0.25, 0.3) is 0 Å². The van der Waals surface area contributed by atoms with E-state index in [1.807, 2.05) is 22.9 Å². The van der Waals surface area contributed by atoms with Crippen molar-refractivity contribution in [2.45, 2.75) is 26.4 Å². The van der Waals surface area contributed by atoms with Gasteiger partial charge in [0.1, 0.15) is 11.6 Å². The zero-order chi connectivity index (χ0) is 13.7. The van der Waals surface area contributed by atoms with Crippen LogP contribution in [0.4, 0.5) is 8.78 Å². The van der Waals surface area contributed by atoms with Crippen molar-refractivity contribution in [3.8, 4) is 0 Å². The normalized spacial score (nSPS) is 10.9. The zero-order valence-corrected chi connectivity index (χ0v) is 11.0. The second kappa shape index (κ2) is 6.48. The summed E-state index contributed by atoms with van der Waals surface area (Å²) >= 11 is 0. The number of hydrogen-bond donors (Lipinski definition) is 1. The second-order valence-corrected chi connectivity index (χ2v) is 4.54. The van der Waals surface area contributed by atoms with Crippen molar-refractivity contribution >= 4 is 0 Å². The molecule has 0 aliphatic rings. The molecule has 2 rings (SSSR count). The summed E-state index contributed by atoms with van der Waals surface area (Å²) in [6, 6.07) is 7.65. The molecule has 0 aliphatic carbocycles. The van der Waals surface area contributed by atoms with Gasteiger partial charge in [0.2, 0.25) is 0 Å². The van der Waals surface area contributed by atoms with Crippen LogP contribution in [0.5, 0.6) is 0 Å². The first kappa shape index (κ1) is 13.7. The topological polar surface area (TPSA) is 17.0 Å². The van der Waals surface area contributed by atoms with Crippen LogP contribution in [0.2, 0.25) is 0 Å². The van der Waals surface area contributed by atoms with Gasteiger partial charge in [-0.25, -0.2) is 8.78 Å². The van der Waals surface area contributed by atoms with Crippen molar-refractivity contribution in [3.05, 3.63) is 59.4 Å². The van der Waals surface area contributed by atoms with E-state index in [0.717, 1.165) is 31.3 Å². The second-order valence-electron chi connectivity index (χ2n) is 4.54. The molecule has 1 heterocycles. The third kappa shape index (κ3) is 3.64. The lowest BCUT2D eigenvalue weighted by atomic mass is 10.2. The van der Waals surface area contributed by atoms with Crippen molar-refractivity contribution in [2.24, 2.45) is 0 Å². The van der Waals surface area contributed by atoms with Crippen LogP contribution in [0, 0.1) is 11.6 Å². The van der Waals surface area contributed by atoms with Crippen molar-refractivity contribution in [2.75, 3.05) is 6.54 Å². The molecule has 0 saturated carbocycles. The molecular formula is C15H18F2N2. The summed E-state index contributed by atoms with van der Waals surface area (Å²) < 4.78 is 28.4. The van der Waals surface area contributed by atoms with Gasteiger partial charge in [-0.2, -0.15) is 0 Å². The first-order valence-corrected chi connectivity index (χ1v) is 6.49. The highest BCUT2D eigenvalue weighted by atomic mass is 19.1. The summed E-state index contributed by atoms with van der Waals surface area (Å²) in [6.45, 7) is 4.24. The van der Waals surface area contributed by atoms with E-state index in [2.05, 4.69) is 12.2 Å². The number of rotatable bonds is 6. The Morgan fingerprint density at radius 1 is 1.21 bits per heavy atom. The van der Waals surface area contributed by atoms with Gasteiger partial charge in [0.05, 0.1) is 6.54 Å². The number of aromatic nitrogens is 1. The Morgan fingerprint density at radius 3 is 2.79 bits per heavy atom. The van der Waals surface area contributed by atoms with Gasteiger partial charge in [-0.1, -0.05) is 13.0 Å². The van der Waals surface area contributed by atoms with Crippen LogP contribution in [-0.4, -0.2) is 11.1 Å². The summed E-state index contributed by atoms with van der Waals surface area (Å²) in [5.41, 5.74) is 1.59. The molecule has 0 fully saturated rings. The van der Waals surface area contributed by atoms with Gasteiger partial charge >= 0.3 is 0 Å². The quantitative estimate of drug-likeness (QED) is 0.792. The van der Waals surface area contributed by atoms with Crippen LogP contribution in [0.15, 0.2) is 36.5 Å². The fourth-order valence-electron chi connectivity index (χ4n) is 1.99. The lowest BCUT2D eigenvalue weighted by Gasteiger charge is -2.11. The number of halogens is 2. The fraction of sp³-hybridized carbons (Fsp3) is 0.333. The Morgan fingerprint density at radius 2 is 2.05 bits per heavy atom. The van der Waals surface area contributed by atoms with Gasteiger partial charge < -0.3 is 9.88 Å². The summed E-state index contributed by atoms with van der Waals surface area (Å²) in [6.07, 6.45) is 2.99. The van der Waals surface area contributed by atoms with Crippen molar-refractivity contribution in [1.82, 2.24) is 9.88 Å². The maximum absolute atomic E-state index is 13.6. The molecule has 19 heavy (non-hydrogen) atoms. The Bertz CT molecular complexity index is 535. The van der Waals surface area contributed by atoms with Crippen molar-refractivity contribution in [1.29, 1.82) is 0 Å². The molecule has 1 aromatic heterocycles. The van der Waals surface area contributed by atoms with Crippen LogP contribution in [0.1, 0.15) is 24.6 Å². The molecule has 4 heteroatoms. The number of nitrogens with zero attached hydrogens (tertiary/aromatic N) is 1. The van der Waals surface area contributed by atoms with E-state index < -0.39 is 11.6 Å². The number of benzene rings is 1. The van der Waals surface area contributed by atoms with E-state index in [-0.39, 0.29) is 0 Å². The third-order valence-corrected chi connectivity index (χ3v) is 3.01. The van der Waals surface area contributed by atoms with Gasteiger partial charge in [-0.15, -0.1) is 0 Å². The monoisotopic (exact) mass is 264 g/mol. The summed E-state index contributed by atoms with van der Waals surface area (Å²) in [7, 11) is 0. The van der Waals surface area contributed by atoms with E-state index in [1.54, 1.807) is 0 Å². The molecule has 0 atom stereocenters. The molecule has 1 N–H and O–H groups in total. The number of hydrogen-bond acceptors (Lipinski definition) is 1. The molecule has 2 aromatic rings. The van der Waals surface area contributed by atoms with Gasteiger partial charge in [0.25, 0.3) is 0 Å². The first-order chi connectivity index (χ1) is 9.20. The third-order valence-electron chi connectivity index (χ3n) is 3.01. The van der Waals surface area contributed by atoms with Crippen LogP contribution >= 0.6 is 0 Å². The zero-order valence-electron chi connectivity index (χ0n) is 11.0.